The van der Waals surface area contributed by atoms with Crippen molar-refractivity contribution in [1.29, 1.82) is 0 Å². The fourth-order valence-corrected chi connectivity index (χ4v) is 6.99. The summed E-state index contributed by atoms with van der Waals surface area (Å²) < 4.78 is 0. The van der Waals surface area contributed by atoms with Gasteiger partial charge < -0.3 is 0 Å². The Morgan fingerprint density at radius 2 is 0.587 bits per heavy atom. The molecule has 0 saturated heterocycles. The number of benzene rings is 5. The molecular weight excluding hydrogens is 553 g/mol. The van der Waals surface area contributed by atoms with Crippen molar-refractivity contribution in [1.82, 2.24) is 0 Å². The molecule has 5 rings (SSSR count). The molecule has 0 nitrogen and oxygen atoms in total. The number of hydrogen-bond donors (Lipinski definition) is 0. The Bertz CT molecular complexity index is 1790. The third-order valence-electron chi connectivity index (χ3n) is 9.12. The molecule has 46 heavy (non-hydrogen) atoms. The van der Waals surface area contributed by atoms with Crippen molar-refractivity contribution in [2.75, 3.05) is 0 Å². The van der Waals surface area contributed by atoms with E-state index in [-0.39, 0.29) is 21.7 Å². The molecule has 0 aromatic heterocycles. The van der Waals surface area contributed by atoms with E-state index in [1.807, 2.05) is 0 Å². The average molecular weight is 607 g/mol. The summed E-state index contributed by atoms with van der Waals surface area (Å²) in [4.78, 5) is 0. The Labute approximate surface area is 279 Å². The molecule has 0 radical (unpaired) electrons. The topological polar surface area (TPSA) is 0 Å². The Balaban J connectivity index is 1.55. The predicted molar refractivity (Wildman–Crippen MR) is 203 cm³/mol. The standard InChI is InChI=1S/C46H54/c1-43(2,3)39-30-38(40(44(4,5)6)42(46(10,11)12)41(39)45(7,8)9)37-28-26-36(27-29-37)35-24-22-34(23-25-35)33-20-18-32(19-21-33)31-16-14-13-15-17-31/h13-30H,1-12H3. The molecule has 0 aliphatic heterocycles. The maximum atomic E-state index is 2.53. The van der Waals surface area contributed by atoms with Crippen LogP contribution in [0, 0.1) is 0 Å². The van der Waals surface area contributed by atoms with Crippen molar-refractivity contribution in [3.63, 3.8) is 0 Å². The molecule has 0 heterocycles. The minimum absolute atomic E-state index is 0.00475. The van der Waals surface area contributed by atoms with Crippen LogP contribution in [0.15, 0.2) is 109 Å². The molecule has 0 heteroatoms. The highest BCUT2D eigenvalue weighted by Gasteiger charge is 2.38. The molecule has 0 unspecified atom stereocenters. The molecule has 0 aliphatic rings. The van der Waals surface area contributed by atoms with Gasteiger partial charge in [-0.15, -0.1) is 0 Å². The van der Waals surface area contributed by atoms with E-state index in [2.05, 4.69) is 192 Å². The first-order chi connectivity index (χ1) is 21.4. The maximum Gasteiger partial charge on any atom is -0.0123 e. The lowest BCUT2D eigenvalue weighted by Gasteiger charge is -2.42. The second-order valence-corrected chi connectivity index (χ2v) is 17.2. The summed E-state index contributed by atoms with van der Waals surface area (Å²) in [6, 6.07) is 40.3. The van der Waals surface area contributed by atoms with Crippen LogP contribution >= 0.6 is 0 Å². The summed E-state index contributed by atoms with van der Waals surface area (Å²) in [5.41, 5.74) is 16.1. The molecular formula is C46H54. The van der Waals surface area contributed by atoms with E-state index in [1.54, 1.807) is 0 Å². The molecule has 0 atom stereocenters. The third-order valence-corrected chi connectivity index (χ3v) is 9.12. The van der Waals surface area contributed by atoms with Crippen molar-refractivity contribution in [3.05, 3.63) is 131 Å². The van der Waals surface area contributed by atoms with E-state index in [9.17, 15) is 0 Å². The van der Waals surface area contributed by atoms with Gasteiger partial charge in [0.1, 0.15) is 0 Å². The van der Waals surface area contributed by atoms with E-state index >= 15 is 0 Å². The summed E-state index contributed by atoms with van der Waals surface area (Å²) in [6.07, 6.45) is 0. The highest BCUT2D eigenvalue weighted by Crippen LogP contribution is 2.49. The minimum Gasteiger partial charge on any atom is -0.0622 e. The van der Waals surface area contributed by atoms with Gasteiger partial charge in [0, 0.05) is 0 Å². The van der Waals surface area contributed by atoms with Gasteiger partial charge in [-0.25, -0.2) is 0 Å². The van der Waals surface area contributed by atoms with Gasteiger partial charge in [-0.05, 0) is 88.4 Å². The monoisotopic (exact) mass is 606 g/mol. The Morgan fingerprint density at radius 3 is 0.891 bits per heavy atom. The first-order valence-electron chi connectivity index (χ1n) is 17.0. The van der Waals surface area contributed by atoms with Gasteiger partial charge in [0.2, 0.25) is 0 Å². The van der Waals surface area contributed by atoms with Crippen LogP contribution in [-0.4, -0.2) is 0 Å². The van der Waals surface area contributed by atoms with E-state index < -0.39 is 0 Å². The average Bonchev–Trinajstić information content (AvgIpc) is 2.99. The zero-order valence-corrected chi connectivity index (χ0v) is 30.4. The quantitative estimate of drug-likeness (QED) is 0.191. The molecule has 0 aliphatic carbocycles. The van der Waals surface area contributed by atoms with Crippen LogP contribution in [0.4, 0.5) is 0 Å². The lowest BCUT2D eigenvalue weighted by Crippen LogP contribution is -2.32. The van der Waals surface area contributed by atoms with Crippen LogP contribution in [0.1, 0.15) is 105 Å². The van der Waals surface area contributed by atoms with Crippen molar-refractivity contribution in [3.8, 4) is 44.5 Å². The van der Waals surface area contributed by atoms with Crippen molar-refractivity contribution in [2.45, 2.75) is 105 Å². The van der Waals surface area contributed by atoms with Gasteiger partial charge >= 0.3 is 0 Å². The minimum atomic E-state index is -0.0117. The molecule has 5 aromatic rings. The lowest BCUT2D eigenvalue weighted by atomic mass is 9.62. The van der Waals surface area contributed by atoms with Crippen LogP contribution in [0.25, 0.3) is 44.5 Å². The van der Waals surface area contributed by atoms with Gasteiger partial charge in [-0.2, -0.15) is 0 Å². The molecule has 0 amide bonds. The van der Waals surface area contributed by atoms with Gasteiger partial charge in [0.25, 0.3) is 0 Å². The van der Waals surface area contributed by atoms with Crippen LogP contribution in [0.2, 0.25) is 0 Å². The molecule has 0 fully saturated rings. The number of rotatable bonds is 4. The maximum absolute atomic E-state index is 2.53. The molecule has 0 saturated carbocycles. The van der Waals surface area contributed by atoms with Gasteiger partial charge in [-0.3, -0.25) is 0 Å². The van der Waals surface area contributed by atoms with E-state index in [0.29, 0.717) is 0 Å². The highest BCUT2D eigenvalue weighted by molar-refractivity contribution is 5.78. The van der Waals surface area contributed by atoms with Crippen molar-refractivity contribution >= 4 is 0 Å². The van der Waals surface area contributed by atoms with E-state index in [1.165, 1.54) is 66.8 Å². The summed E-state index contributed by atoms with van der Waals surface area (Å²) in [5, 5.41) is 0. The second kappa shape index (κ2) is 12.0. The Hall–Kier alpha value is -3.90. The smallest absolute Gasteiger partial charge is 0.0123 e. The molecule has 0 N–H and O–H groups in total. The first kappa shape index (κ1) is 33.5. The zero-order chi connectivity index (χ0) is 33.7. The lowest BCUT2D eigenvalue weighted by molar-refractivity contribution is 0.478. The fourth-order valence-electron chi connectivity index (χ4n) is 6.99. The second-order valence-electron chi connectivity index (χ2n) is 17.2. The van der Waals surface area contributed by atoms with Crippen LogP contribution in [0.3, 0.4) is 0 Å². The molecule has 238 valence electrons. The van der Waals surface area contributed by atoms with Crippen LogP contribution in [-0.2, 0) is 21.7 Å². The summed E-state index contributed by atoms with van der Waals surface area (Å²) >= 11 is 0. The predicted octanol–water partition coefficient (Wildman–Crippen LogP) is 13.5. The van der Waals surface area contributed by atoms with Crippen molar-refractivity contribution < 1.29 is 0 Å². The summed E-state index contributed by atoms with van der Waals surface area (Å²) in [7, 11) is 0. The van der Waals surface area contributed by atoms with Gasteiger partial charge in [-0.1, -0.05) is 192 Å². The first-order valence-corrected chi connectivity index (χ1v) is 17.0. The molecule has 5 aromatic carbocycles. The summed E-state index contributed by atoms with van der Waals surface area (Å²) in [5.74, 6) is 0. The third kappa shape index (κ3) is 6.92. The Kier molecular flexibility index (Phi) is 8.76. The molecule has 0 spiro atoms. The van der Waals surface area contributed by atoms with Gasteiger partial charge in [0.05, 0.1) is 0 Å². The Morgan fingerprint density at radius 1 is 0.283 bits per heavy atom. The summed E-state index contributed by atoms with van der Waals surface area (Å²) in [6.45, 7) is 28.6. The van der Waals surface area contributed by atoms with Crippen LogP contribution in [0.5, 0.6) is 0 Å². The van der Waals surface area contributed by atoms with E-state index in [4.69, 9.17) is 0 Å². The SMILES string of the molecule is CC(C)(C)c1cc(-c2ccc(-c3ccc(-c4ccc(-c5ccccc5)cc4)cc3)cc2)c(C(C)(C)C)c(C(C)(C)C)c1C(C)(C)C. The fraction of sp³-hybridized carbons (Fsp3) is 0.348. The van der Waals surface area contributed by atoms with Crippen molar-refractivity contribution in [2.24, 2.45) is 0 Å². The largest absolute Gasteiger partial charge is 0.0622 e. The molecule has 0 bridgehead atoms. The van der Waals surface area contributed by atoms with Crippen LogP contribution < -0.4 is 0 Å². The highest BCUT2D eigenvalue weighted by atomic mass is 14.4. The normalized spacial score (nSPS) is 12.8. The van der Waals surface area contributed by atoms with Gasteiger partial charge in [0.15, 0.2) is 0 Å². The number of hydrogen-bond acceptors (Lipinski definition) is 0. The zero-order valence-electron chi connectivity index (χ0n) is 30.4. The van der Waals surface area contributed by atoms with E-state index in [0.717, 1.165) is 0 Å².